The minimum Gasteiger partial charge on any atom is -0.385 e. The van der Waals surface area contributed by atoms with E-state index in [0.29, 0.717) is 11.4 Å². The minimum absolute atomic E-state index is 0.332. The van der Waals surface area contributed by atoms with Gasteiger partial charge in [-0.2, -0.15) is 0 Å². The fourth-order valence-electron chi connectivity index (χ4n) is 1.60. The molecule has 5 N–H and O–H groups in total. The topological polar surface area (TPSA) is 84.9 Å². The summed E-state index contributed by atoms with van der Waals surface area (Å²) in [5.74, 6) is -0.171. The maximum absolute atomic E-state index is 11.1. The lowest BCUT2D eigenvalue weighted by atomic mass is 10.1. The summed E-state index contributed by atoms with van der Waals surface area (Å²) in [5.41, 5.74) is 13.2. The monoisotopic (exact) mass is 189 g/mol. The number of H-pyrrole nitrogens is 1. The van der Waals surface area contributed by atoms with Gasteiger partial charge in [0.2, 0.25) is 0 Å². The maximum Gasteiger partial charge on any atom is 0.253 e. The maximum atomic E-state index is 11.1. The van der Waals surface area contributed by atoms with Crippen LogP contribution in [0.1, 0.15) is 15.9 Å². The van der Waals surface area contributed by atoms with Crippen molar-refractivity contribution in [1.82, 2.24) is 4.98 Å². The van der Waals surface area contributed by atoms with Crippen molar-refractivity contribution >= 4 is 22.6 Å². The molecule has 0 saturated heterocycles. The van der Waals surface area contributed by atoms with Crippen molar-refractivity contribution in [2.75, 3.05) is 5.73 Å². The number of benzene rings is 1. The molecule has 2 rings (SSSR count). The van der Waals surface area contributed by atoms with E-state index >= 15 is 0 Å². The van der Waals surface area contributed by atoms with Crippen LogP contribution in [0.3, 0.4) is 0 Å². The second-order valence-electron chi connectivity index (χ2n) is 3.33. The van der Waals surface area contributed by atoms with Gasteiger partial charge in [-0.3, -0.25) is 4.79 Å². The van der Waals surface area contributed by atoms with Crippen LogP contribution in [0, 0.1) is 6.92 Å². The highest BCUT2D eigenvalue weighted by Crippen LogP contribution is 2.24. The van der Waals surface area contributed by atoms with Crippen molar-refractivity contribution in [3.63, 3.8) is 0 Å². The molecular formula is C10H11N3O. The third-order valence-electron chi connectivity index (χ3n) is 2.23. The number of fused-ring (bicyclic) bond motifs is 1. The molecule has 0 spiro atoms. The number of carbonyl (C=O) groups excluding carboxylic acids is 1. The van der Waals surface area contributed by atoms with Crippen LogP contribution in [0.2, 0.25) is 0 Å². The summed E-state index contributed by atoms with van der Waals surface area (Å²) in [5, 5.41) is 0.778. The second kappa shape index (κ2) is 2.77. The van der Waals surface area contributed by atoms with Gasteiger partial charge < -0.3 is 16.5 Å². The number of amides is 1. The Labute approximate surface area is 80.9 Å². The highest BCUT2D eigenvalue weighted by atomic mass is 16.1. The van der Waals surface area contributed by atoms with Crippen LogP contribution in [0.15, 0.2) is 18.2 Å². The fourth-order valence-corrected chi connectivity index (χ4v) is 1.60. The Morgan fingerprint density at radius 3 is 2.79 bits per heavy atom. The van der Waals surface area contributed by atoms with Crippen LogP contribution in [0.4, 0.5) is 5.82 Å². The first-order chi connectivity index (χ1) is 6.59. The lowest BCUT2D eigenvalue weighted by molar-refractivity contribution is 0.100. The zero-order valence-electron chi connectivity index (χ0n) is 7.79. The first-order valence-corrected chi connectivity index (χ1v) is 4.27. The number of carbonyl (C=O) groups is 1. The van der Waals surface area contributed by atoms with Crippen LogP contribution in [-0.2, 0) is 0 Å². The Kier molecular flexibility index (Phi) is 1.70. The number of aryl methyl sites for hydroxylation is 1. The third-order valence-corrected chi connectivity index (χ3v) is 2.23. The number of aromatic amines is 1. The van der Waals surface area contributed by atoms with Gasteiger partial charge in [-0.15, -0.1) is 0 Å². The third kappa shape index (κ3) is 1.12. The molecular weight excluding hydrogens is 178 g/mol. The van der Waals surface area contributed by atoms with E-state index in [1.165, 1.54) is 0 Å². The average molecular weight is 189 g/mol. The van der Waals surface area contributed by atoms with Crippen molar-refractivity contribution in [3.05, 3.63) is 29.3 Å². The van der Waals surface area contributed by atoms with Gasteiger partial charge >= 0.3 is 0 Å². The molecule has 1 amide bonds. The number of nitrogen functional groups attached to an aromatic ring is 1. The molecule has 1 aromatic carbocycles. The van der Waals surface area contributed by atoms with Crippen molar-refractivity contribution in [2.24, 2.45) is 5.73 Å². The lowest BCUT2D eigenvalue weighted by Gasteiger charge is -1.94. The predicted molar refractivity (Wildman–Crippen MR) is 56.0 cm³/mol. The molecule has 0 fully saturated rings. The molecule has 0 aliphatic heterocycles. The van der Waals surface area contributed by atoms with Gasteiger partial charge in [-0.25, -0.2) is 0 Å². The minimum atomic E-state index is -0.502. The van der Waals surface area contributed by atoms with Crippen molar-refractivity contribution in [1.29, 1.82) is 0 Å². The van der Waals surface area contributed by atoms with Crippen LogP contribution in [-0.4, -0.2) is 10.9 Å². The standard InChI is InChI=1S/C10H11N3O/c1-5-2-3-6-7(4-5)13-9(11)8(6)10(12)14/h2-4,13H,11H2,1H3,(H2,12,14). The van der Waals surface area contributed by atoms with Gasteiger partial charge in [-0.05, 0) is 18.6 Å². The number of nitrogens with two attached hydrogens (primary N) is 2. The normalized spacial score (nSPS) is 10.6. The predicted octanol–water partition coefficient (Wildman–Crippen LogP) is 1.16. The number of nitrogens with one attached hydrogen (secondary N) is 1. The van der Waals surface area contributed by atoms with Crippen molar-refractivity contribution in [2.45, 2.75) is 6.92 Å². The van der Waals surface area contributed by atoms with E-state index in [9.17, 15) is 4.79 Å². The van der Waals surface area contributed by atoms with E-state index in [1.807, 2.05) is 25.1 Å². The summed E-state index contributed by atoms with van der Waals surface area (Å²) in [7, 11) is 0. The van der Waals surface area contributed by atoms with Gasteiger partial charge in [0, 0.05) is 10.9 Å². The molecule has 1 aromatic heterocycles. The number of anilines is 1. The van der Waals surface area contributed by atoms with Crippen LogP contribution >= 0.6 is 0 Å². The van der Waals surface area contributed by atoms with Gasteiger partial charge in [0.1, 0.15) is 5.82 Å². The molecule has 0 atom stereocenters. The molecule has 1 heterocycles. The number of rotatable bonds is 1. The van der Waals surface area contributed by atoms with E-state index in [4.69, 9.17) is 11.5 Å². The van der Waals surface area contributed by atoms with Crippen LogP contribution < -0.4 is 11.5 Å². The largest absolute Gasteiger partial charge is 0.385 e. The zero-order chi connectivity index (χ0) is 10.3. The molecule has 0 radical (unpaired) electrons. The highest BCUT2D eigenvalue weighted by Gasteiger charge is 2.13. The quantitative estimate of drug-likeness (QED) is 0.628. The molecule has 14 heavy (non-hydrogen) atoms. The first-order valence-electron chi connectivity index (χ1n) is 4.27. The van der Waals surface area contributed by atoms with Crippen molar-refractivity contribution < 1.29 is 4.79 Å². The summed E-state index contributed by atoms with van der Waals surface area (Å²) in [6.45, 7) is 1.97. The molecule has 0 saturated carbocycles. The Bertz CT molecular complexity index is 513. The van der Waals surface area contributed by atoms with Crippen molar-refractivity contribution in [3.8, 4) is 0 Å². The van der Waals surface area contributed by atoms with E-state index in [1.54, 1.807) is 0 Å². The summed E-state index contributed by atoms with van der Waals surface area (Å²) < 4.78 is 0. The number of hydrogen-bond acceptors (Lipinski definition) is 2. The van der Waals surface area contributed by atoms with Gasteiger partial charge in [0.05, 0.1) is 5.56 Å². The molecule has 0 unspecified atom stereocenters. The number of aromatic nitrogens is 1. The average Bonchev–Trinajstić information content (AvgIpc) is 2.39. The molecule has 0 aliphatic rings. The smallest absolute Gasteiger partial charge is 0.253 e. The second-order valence-corrected chi connectivity index (χ2v) is 3.33. The van der Waals surface area contributed by atoms with E-state index in [0.717, 1.165) is 16.5 Å². The SMILES string of the molecule is Cc1ccc2c(C(N)=O)c(N)[nH]c2c1. The molecule has 4 nitrogen and oxygen atoms in total. The number of primary amides is 1. The zero-order valence-corrected chi connectivity index (χ0v) is 7.79. The number of hydrogen-bond donors (Lipinski definition) is 3. The summed E-state index contributed by atoms with van der Waals surface area (Å²) in [6, 6.07) is 5.69. The summed E-state index contributed by atoms with van der Waals surface area (Å²) in [4.78, 5) is 14.0. The molecule has 72 valence electrons. The van der Waals surface area contributed by atoms with Crippen LogP contribution in [0.5, 0.6) is 0 Å². The lowest BCUT2D eigenvalue weighted by Crippen LogP contribution is -2.12. The Balaban J connectivity index is 2.84. The summed E-state index contributed by atoms with van der Waals surface area (Å²) in [6.07, 6.45) is 0. The van der Waals surface area contributed by atoms with E-state index in [2.05, 4.69) is 4.98 Å². The molecule has 4 heteroatoms. The van der Waals surface area contributed by atoms with Gasteiger partial charge in [0.15, 0.2) is 0 Å². The molecule has 2 aromatic rings. The van der Waals surface area contributed by atoms with E-state index < -0.39 is 5.91 Å². The van der Waals surface area contributed by atoms with Gasteiger partial charge in [0.25, 0.3) is 5.91 Å². The summed E-state index contributed by atoms with van der Waals surface area (Å²) >= 11 is 0. The van der Waals surface area contributed by atoms with Gasteiger partial charge in [-0.1, -0.05) is 12.1 Å². The highest BCUT2D eigenvalue weighted by molar-refractivity contribution is 6.10. The molecule has 0 aliphatic carbocycles. The Morgan fingerprint density at radius 1 is 1.43 bits per heavy atom. The van der Waals surface area contributed by atoms with Crippen LogP contribution in [0.25, 0.3) is 10.9 Å². The Hall–Kier alpha value is -1.97. The fraction of sp³-hybridized carbons (Fsp3) is 0.100. The molecule has 0 bridgehead atoms. The Morgan fingerprint density at radius 2 is 2.14 bits per heavy atom. The first kappa shape index (κ1) is 8.62. The van der Waals surface area contributed by atoms with E-state index in [-0.39, 0.29) is 0 Å².